The fourth-order valence-electron chi connectivity index (χ4n) is 4.22. The SMILES string of the molecule is CNCC1CCCN(C(=O)C2CCCN(C(=O)c3ccc(C)cc3)C2)C1.Cl. The lowest BCUT2D eigenvalue weighted by atomic mass is 9.92. The summed E-state index contributed by atoms with van der Waals surface area (Å²) in [6.07, 6.45) is 4.07. The maximum absolute atomic E-state index is 13.0. The van der Waals surface area contributed by atoms with Crippen LogP contribution in [-0.2, 0) is 4.79 Å². The molecule has 1 N–H and O–H groups in total. The average Bonchev–Trinajstić information content (AvgIpc) is 2.68. The summed E-state index contributed by atoms with van der Waals surface area (Å²) in [5, 5.41) is 3.23. The van der Waals surface area contributed by atoms with Crippen LogP contribution in [0, 0.1) is 18.8 Å². The average molecular weight is 394 g/mol. The second kappa shape index (κ2) is 10.1. The third kappa shape index (κ3) is 5.45. The Hall–Kier alpha value is -1.59. The fourth-order valence-corrected chi connectivity index (χ4v) is 4.22. The molecule has 2 amide bonds. The molecule has 0 aromatic heterocycles. The molecule has 3 rings (SSSR count). The van der Waals surface area contributed by atoms with Crippen molar-refractivity contribution in [3.8, 4) is 0 Å². The van der Waals surface area contributed by atoms with Crippen LogP contribution in [0.5, 0.6) is 0 Å². The van der Waals surface area contributed by atoms with Crippen LogP contribution < -0.4 is 5.32 Å². The first-order valence-electron chi connectivity index (χ1n) is 9.88. The Labute approximate surface area is 168 Å². The molecule has 0 spiro atoms. The van der Waals surface area contributed by atoms with Crippen LogP contribution >= 0.6 is 12.4 Å². The van der Waals surface area contributed by atoms with Gasteiger partial charge in [-0.3, -0.25) is 9.59 Å². The number of nitrogens with one attached hydrogen (secondary N) is 1. The molecule has 5 nitrogen and oxygen atoms in total. The molecule has 2 aliphatic heterocycles. The van der Waals surface area contributed by atoms with Gasteiger partial charge in [0.1, 0.15) is 0 Å². The molecule has 0 radical (unpaired) electrons. The molecule has 27 heavy (non-hydrogen) atoms. The summed E-state index contributed by atoms with van der Waals surface area (Å²) in [5.74, 6) is 0.791. The van der Waals surface area contributed by atoms with E-state index in [0.717, 1.165) is 56.6 Å². The van der Waals surface area contributed by atoms with Gasteiger partial charge in [-0.2, -0.15) is 0 Å². The molecule has 2 atom stereocenters. The van der Waals surface area contributed by atoms with Gasteiger partial charge in [-0.25, -0.2) is 0 Å². The third-order valence-electron chi connectivity index (χ3n) is 5.68. The molecule has 2 heterocycles. The van der Waals surface area contributed by atoms with Crippen molar-refractivity contribution in [2.75, 3.05) is 39.8 Å². The highest BCUT2D eigenvalue weighted by atomic mass is 35.5. The van der Waals surface area contributed by atoms with Gasteiger partial charge in [-0.15, -0.1) is 12.4 Å². The number of rotatable bonds is 4. The quantitative estimate of drug-likeness (QED) is 0.855. The van der Waals surface area contributed by atoms with E-state index in [1.54, 1.807) is 0 Å². The summed E-state index contributed by atoms with van der Waals surface area (Å²) in [6, 6.07) is 7.71. The number of carbonyl (C=O) groups excluding carboxylic acids is 2. The van der Waals surface area contributed by atoms with Gasteiger partial charge in [0, 0.05) is 31.7 Å². The highest BCUT2D eigenvalue weighted by Crippen LogP contribution is 2.24. The van der Waals surface area contributed by atoms with Gasteiger partial charge in [0.2, 0.25) is 5.91 Å². The normalized spacial score (nSPS) is 22.9. The van der Waals surface area contributed by atoms with Gasteiger partial charge in [0.05, 0.1) is 5.92 Å². The van der Waals surface area contributed by atoms with Crippen LogP contribution in [0.15, 0.2) is 24.3 Å². The molecule has 2 unspecified atom stereocenters. The van der Waals surface area contributed by atoms with E-state index in [4.69, 9.17) is 0 Å². The minimum Gasteiger partial charge on any atom is -0.342 e. The van der Waals surface area contributed by atoms with Crippen LogP contribution in [0.25, 0.3) is 0 Å². The highest BCUT2D eigenvalue weighted by molar-refractivity contribution is 5.94. The Morgan fingerprint density at radius 1 is 1.04 bits per heavy atom. The van der Waals surface area contributed by atoms with Crippen LogP contribution in [0.4, 0.5) is 0 Å². The highest BCUT2D eigenvalue weighted by Gasteiger charge is 2.33. The smallest absolute Gasteiger partial charge is 0.253 e. The lowest BCUT2D eigenvalue weighted by Gasteiger charge is -2.38. The summed E-state index contributed by atoms with van der Waals surface area (Å²) in [4.78, 5) is 29.7. The molecule has 1 aromatic rings. The van der Waals surface area contributed by atoms with Crippen molar-refractivity contribution in [1.29, 1.82) is 0 Å². The Balaban J connectivity index is 0.00000261. The Kier molecular flexibility index (Phi) is 8.11. The zero-order valence-electron chi connectivity index (χ0n) is 16.4. The second-order valence-corrected chi connectivity index (χ2v) is 7.81. The van der Waals surface area contributed by atoms with Gasteiger partial charge in [0.25, 0.3) is 5.91 Å². The van der Waals surface area contributed by atoms with E-state index in [1.165, 1.54) is 6.42 Å². The third-order valence-corrected chi connectivity index (χ3v) is 5.68. The minimum atomic E-state index is -0.0496. The summed E-state index contributed by atoms with van der Waals surface area (Å²) in [5.41, 5.74) is 1.87. The van der Waals surface area contributed by atoms with E-state index < -0.39 is 0 Å². The predicted molar refractivity (Wildman–Crippen MR) is 110 cm³/mol. The minimum absolute atomic E-state index is 0. The van der Waals surface area contributed by atoms with Gasteiger partial charge in [-0.05, 0) is 64.3 Å². The van der Waals surface area contributed by atoms with E-state index >= 15 is 0 Å². The van der Waals surface area contributed by atoms with E-state index in [1.807, 2.05) is 48.0 Å². The molecule has 2 saturated heterocycles. The van der Waals surface area contributed by atoms with Gasteiger partial charge >= 0.3 is 0 Å². The van der Waals surface area contributed by atoms with Crippen molar-refractivity contribution < 1.29 is 9.59 Å². The van der Waals surface area contributed by atoms with Crippen molar-refractivity contribution in [3.05, 3.63) is 35.4 Å². The van der Waals surface area contributed by atoms with E-state index in [2.05, 4.69) is 5.32 Å². The van der Waals surface area contributed by atoms with Gasteiger partial charge < -0.3 is 15.1 Å². The maximum Gasteiger partial charge on any atom is 0.253 e. The number of likely N-dealkylation sites (tertiary alicyclic amines) is 2. The number of amides is 2. The zero-order valence-corrected chi connectivity index (χ0v) is 17.3. The Morgan fingerprint density at radius 3 is 2.41 bits per heavy atom. The number of carbonyl (C=O) groups is 2. The predicted octanol–water partition coefficient (Wildman–Crippen LogP) is 2.73. The van der Waals surface area contributed by atoms with Crippen molar-refractivity contribution >= 4 is 24.2 Å². The van der Waals surface area contributed by atoms with Gasteiger partial charge in [0.15, 0.2) is 0 Å². The molecule has 1 aromatic carbocycles. The lowest BCUT2D eigenvalue weighted by molar-refractivity contribution is -0.138. The van der Waals surface area contributed by atoms with Crippen molar-refractivity contribution in [1.82, 2.24) is 15.1 Å². The molecule has 0 aliphatic carbocycles. The van der Waals surface area contributed by atoms with Crippen molar-refractivity contribution in [2.24, 2.45) is 11.8 Å². The molecule has 2 aliphatic rings. The zero-order chi connectivity index (χ0) is 18.5. The van der Waals surface area contributed by atoms with Crippen LogP contribution in [0.1, 0.15) is 41.6 Å². The van der Waals surface area contributed by atoms with E-state index in [-0.39, 0.29) is 30.1 Å². The number of hydrogen-bond donors (Lipinski definition) is 1. The first-order chi connectivity index (χ1) is 12.6. The maximum atomic E-state index is 13.0. The first kappa shape index (κ1) is 21.7. The molecule has 0 bridgehead atoms. The first-order valence-corrected chi connectivity index (χ1v) is 9.88. The summed E-state index contributed by atoms with van der Waals surface area (Å²) >= 11 is 0. The molecule has 150 valence electrons. The summed E-state index contributed by atoms with van der Waals surface area (Å²) < 4.78 is 0. The number of halogens is 1. The Morgan fingerprint density at radius 2 is 1.70 bits per heavy atom. The van der Waals surface area contributed by atoms with Crippen LogP contribution in [-0.4, -0.2) is 61.4 Å². The van der Waals surface area contributed by atoms with Crippen molar-refractivity contribution in [3.63, 3.8) is 0 Å². The Bertz CT molecular complexity index is 633. The number of piperidine rings is 2. The number of aryl methyl sites for hydroxylation is 1. The van der Waals surface area contributed by atoms with Crippen molar-refractivity contribution in [2.45, 2.75) is 32.6 Å². The standard InChI is InChI=1S/C21H31N3O2.ClH/c1-16-7-9-18(10-8-16)20(25)24-12-4-6-19(15-24)21(26)23-11-3-5-17(14-23)13-22-2;/h7-10,17,19,22H,3-6,11-15H2,1-2H3;1H. The van der Waals surface area contributed by atoms with Gasteiger partial charge in [-0.1, -0.05) is 17.7 Å². The lowest BCUT2D eigenvalue weighted by Crippen LogP contribution is -2.50. The monoisotopic (exact) mass is 393 g/mol. The van der Waals surface area contributed by atoms with Crippen LogP contribution in [0.2, 0.25) is 0 Å². The molecule has 6 heteroatoms. The molecular formula is C21H32ClN3O2. The number of hydrogen-bond acceptors (Lipinski definition) is 3. The fraction of sp³-hybridized carbons (Fsp3) is 0.619. The van der Waals surface area contributed by atoms with Crippen LogP contribution in [0.3, 0.4) is 0 Å². The molecule has 2 fully saturated rings. The van der Waals surface area contributed by atoms with E-state index in [0.29, 0.717) is 12.5 Å². The summed E-state index contributed by atoms with van der Waals surface area (Å²) in [7, 11) is 1.97. The molecule has 0 saturated carbocycles. The summed E-state index contributed by atoms with van der Waals surface area (Å²) in [6.45, 7) is 6.00. The largest absolute Gasteiger partial charge is 0.342 e. The van der Waals surface area contributed by atoms with E-state index in [9.17, 15) is 9.59 Å². The topological polar surface area (TPSA) is 52.7 Å². The molecular weight excluding hydrogens is 362 g/mol. The number of benzene rings is 1. The number of nitrogens with zero attached hydrogens (tertiary/aromatic N) is 2. The second-order valence-electron chi connectivity index (χ2n) is 7.81.